The molecule has 2 aromatic rings. The number of benzene rings is 1. The second-order valence-corrected chi connectivity index (χ2v) is 4.80. The monoisotopic (exact) mass is 234 g/mol. The van der Waals surface area contributed by atoms with Crippen molar-refractivity contribution in [2.75, 3.05) is 5.32 Å². The molecule has 1 amide bonds. The Morgan fingerprint density at radius 3 is 2.69 bits per heavy atom. The third-order valence-electron chi connectivity index (χ3n) is 2.51. The number of anilines is 1. The Morgan fingerprint density at radius 1 is 1.38 bits per heavy atom. The molecule has 1 aromatic heterocycles. The van der Waals surface area contributed by atoms with Crippen LogP contribution in [0, 0.1) is 13.8 Å². The molecule has 0 saturated heterocycles. The summed E-state index contributed by atoms with van der Waals surface area (Å²) in [4.78, 5) is 15.7. The Labute approximate surface area is 98.5 Å². The lowest BCUT2D eigenvalue weighted by Crippen LogP contribution is -2.08. The zero-order valence-corrected chi connectivity index (χ0v) is 10.4. The van der Waals surface area contributed by atoms with E-state index in [0.29, 0.717) is 11.6 Å². The summed E-state index contributed by atoms with van der Waals surface area (Å²) in [7, 11) is 0. The SMILES string of the molecule is CCC(=O)Nc1nc2c(C)ccc(C)c2s1. The fraction of sp³-hybridized carbons (Fsp3) is 0.333. The fourth-order valence-electron chi connectivity index (χ4n) is 1.52. The van der Waals surface area contributed by atoms with Gasteiger partial charge in [-0.3, -0.25) is 4.79 Å². The van der Waals surface area contributed by atoms with Crippen LogP contribution in [0.1, 0.15) is 24.5 Å². The average Bonchev–Trinajstić information content (AvgIpc) is 2.68. The predicted octanol–water partition coefficient (Wildman–Crippen LogP) is 3.26. The van der Waals surface area contributed by atoms with Gasteiger partial charge in [0.05, 0.1) is 10.2 Å². The fourth-order valence-corrected chi connectivity index (χ4v) is 2.55. The Morgan fingerprint density at radius 2 is 2.06 bits per heavy atom. The van der Waals surface area contributed by atoms with Crippen LogP contribution < -0.4 is 5.32 Å². The van der Waals surface area contributed by atoms with Gasteiger partial charge in [0.25, 0.3) is 0 Å². The first-order valence-corrected chi connectivity index (χ1v) is 6.10. The van der Waals surface area contributed by atoms with Gasteiger partial charge < -0.3 is 5.32 Å². The van der Waals surface area contributed by atoms with E-state index >= 15 is 0 Å². The molecule has 84 valence electrons. The van der Waals surface area contributed by atoms with E-state index in [4.69, 9.17) is 0 Å². The van der Waals surface area contributed by atoms with Crippen LogP contribution in [0.3, 0.4) is 0 Å². The number of aromatic nitrogens is 1. The molecular formula is C12H14N2OS. The van der Waals surface area contributed by atoms with Crippen LogP contribution >= 0.6 is 11.3 Å². The summed E-state index contributed by atoms with van der Waals surface area (Å²) in [5, 5.41) is 3.50. The molecule has 4 heteroatoms. The first kappa shape index (κ1) is 11.1. The van der Waals surface area contributed by atoms with Crippen molar-refractivity contribution in [1.29, 1.82) is 0 Å². The van der Waals surface area contributed by atoms with E-state index in [1.165, 1.54) is 16.9 Å². The van der Waals surface area contributed by atoms with Crippen molar-refractivity contribution in [3.63, 3.8) is 0 Å². The molecule has 0 aliphatic heterocycles. The van der Waals surface area contributed by atoms with Crippen LogP contribution in [0.25, 0.3) is 10.2 Å². The van der Waals surface area contributed by atoms with E-state index in [-0.39, 0.29) is 5.91 Å². The number of aryl methyl sites for hydroxylation is 2. The molecule has 0 atom stereocenters. The molecule has 1 aromatic carbocycles. The molecule has 0 spiro atoms. The quantitative estimate of drug-likeness (QED) is 0.866. The van der Waals surface area contributed by atoms with E-state index in [9.17, 15) is 4.79 Å². The molecule has 1 heterocycles. The molecule has 3 nitrogen and oxygen atoms in total. The molecule has 0 aliphatic rings. The number of fused-ring (bicyclic) bond motifs is 1. The highest BCUT2D eigenvalue weighted by Gasteiger charge is 2.09. The zero-order valence-electron chi connectivity index (χ0n) is 9.63. The van der Waals surface area contributed by atoms with Crippen LogP contribution in [0.15, 0.2) is 12.1 Å². The Kier molecular flexibility index (Phi) is 2.92. The van der Waals surface area contributed by atoms with Gasteiger partial charge in [-0.05, 0) is 25.0 Å². The number of carbonyl (C=O) groups is 1. The van der Waals surface area contributed by atoms with E-state index in [1.807, 2.05) is 13.8 Å². The van der Waals surface area contributed by atoms with Gasteiger partial charge in [-0.1, -0.05) is 30.4 Å². The minimum atomic E-state index is 0.00867. The lowest BCUT2D eigenvalue weighted by molar-refractivity contribution is -0.115. The van der Waals surface area contributed by atoms with Gasteiger partial charge in [-0.25, -0.2) is 4.98 Å². The lowest BCUT2D eigenvalue weighted by Gasteiger charge is -1.96. The standard InChI is InChI=1S/C12H14N2OS/c1-4-9(15)13-12-14-10-7(2)5-6-8(3)11(10)16-12/h5-6H,4H2,1-3H3,(H,13,14,15). The van der Waals surface area contributed by atoms with Crippen molar-refractivity contribution in [2.45, 2.75) is 27.2 Å². The van der Waals surface area contributed by atoms with Crippen molar-refractivity contribution in [2.24, 2.45) is 0 Å². The first-order valence-electron chi connectivity index (χ1n) is 5.28. The molecule has 0 aliphatic carbocycles. The van der Waals surface area contributed by atoms with Gasteiger partial charge in [-0.2, -0.15) is 0 Å². The summed E-state index contributed by atoms with van der Waals surface area (Å²) in [5.41, 5.74) is 3.35. The predicted molar refractivity (Wildman–Crippen MR) is 68.0 cm³/mol. The van der Waals surface area contributed by atoms with Gasteiger partial charge in [-0.15, -0.1) is 0 Å². The van der Waals surface area contributed by atoms with Crippen molar-refractivity contribution in [3.8, 4) is 0 Å². The van der Waals surface area contributed by atoms with Crippen LogP contribution in [-0.4, -0.2) is 10.9 Å². The molecule has 16 heavy (non-hydrogen) atoms. The van der Waals surface area contributed by atoms with E-state index in [1.54, 1.807) is 0 Å². The zero-order chi connectivity index (χ0) is 11.7. The molecule has 0 saturated carbocycles. The third kappa shape index (κ3) is 1.93. The maximum absolute atomic E-state index is 11.3. The molecule has 1 N–H and O–H groups in total. The van der Waals surface area contributed by atoms with Crippen LogP contribution in [0.5, 0.6) is 0 Å². The number of carbonyl (C=O) groups excluding carboxylic acids is 1. The van der Waals surface area contributed by atoms with Crippen LogP contribution in [0.2, 0.25) is 0 Å². The Balaban J connectivity index is 2.47. The number of amides is 1. The van der Waals surface area contributed by atoms with Gasteiger partial charge in [0.1, 0.15) is 0 Å². The van der Waals surface area contributed by atoms with Crippen LogP contribution in [0.4, 0.5) is 5.13 Å². The van der Waals surface area contributed by atoms with Crippen LogP contribution in [-0.2, 0) is 4.79 Å². The largest absolute Gasteiger partial charge is 0.302 e. The van der Waals surface area contributed by atoms with E-state index in [0.717, 1.165) is 15.8 Å². The maximum Gasteiger partial charge on any atom is 0.225 e. The number of rotatable bonds is 2. The number of nitrogens with zero attached hydrogens (tertiary/aromatic N) is 1. The van der Waals surface area contributed by atoms with Crippen molar-refractivity contribution in [3.05, 3.63) is 23.3 Å². The summed E-state index contributed by atoms with van der Waals surface area (Å²) in [6, 6.07) is 4.14. The minimum Gasteiger partial charge on any atom is -0.302 e. The Bertz CT molecular complexity index is 506. The first-order chi connectivity index (χ1) is 7.61. The Hall–Kier alpha value is -1.42. The van der Waals surface area contributed by atoms with Crippen molar-refractivity contribution < 1.29 is 4.79 Å². The van der Waals surface area contributed by atoms with E-state index in [2.05, 4.69) is 29.4 Å². The summed E-state index contributed by atoms with van der Waals surface area (Å²) in [6.45, 7) is 5.93. The second kappa shape index (κ2) is 4.22. The molecule has 0 fully saturated rings. The van der Waals surface area contributed by atoms with Crippen molar-refractivity contribution in [1.82, 2.24) is 4.98 Å². The number of thiazole rings is 1. The molecule has 0 unspecified atom stereocenters. The summed E-state index contributed by atoms with van der Waals surface area (Å²) in [5.74, 6) is 0.00867. The number of hydrogen-bond acceptors (Lipinski definition) is 3. The topological polar surface area (TPSA) is 42.0 Å². The lowest BCUT2D eigenvalue weighted by atomic mass is 10.1. The highest BCUT2D eigenvalue weighted by atomic mass is 32.1. The summed E-state index contributed by atoms with van der Waals surface area (Å²) in [6.07, 6.45) is 0.480. The minimum absolute atomic E-state index is 0.00867. The van der Waals surface area contributed by atoms with Gasteiger partial charge in [0.2, 0.25) is 5.91 Å². The second-order valence-electron chi connectivity index (χ2n) is 3.80. The highest BCUT2D eigenvalue weighted by Crippen LogP contribution is 2.30. The average molecular weight is 234 g/mol. The molecule has 0 bridgehead atoms. The normalized spacial score (nSPS) is 10.7. The van der Waals surface area contributed by atoms with E-state index < -0.39 is 0 Å². The highest BCUT2D eigenvalue weighted by molar-refractivity contribution is 7.22. The maximum atomic E-state index is 11.3. The number of hydrogen-bond donors (Lipinski definition) is 1. The molecule has 0 radical (unpaired) electrons. The third-order valence-corrected chi connectivity index (χ3v) is 3.62. The smallest absolute Gasteiger partial charge is 0.225 e. The van der Waals surface area contributed by atoms with Crippen molar-refractivity contribution >= 4 is 32.6 Å². The molecular weight excluding hydrogens is 220 g/mol. The van der Waals surface area contributed by atoms with Gasteiger partial charge in [0.15, 0.2) is 5.13 Å². The van der Waals surface area contributed by atoms with Gasteiger partial charge >= 0.3 is 0 Å². The summed E-state index contributed by atoms with van der Waals surface area (Å²) < 4.78 is 1.16. The number of nitrogens with one attached hydrogen (secondary N) is 1. The summed E-state index contributed by atoms with van der Waals surface area (Å²) >= 11 is 1.54. The van der Waals surface area contributed by atoms with Gasteiger partial charge in [0, 0.05) is 6.42 Å². The molecule has 2 rings (SSSR count).